The van der Waals surface area contributed by atoms with Crippen molar-refractivity contribution in [1.82, 2.24) is 10.4 Å². The van der Waals surface area contributed by atoms with E-state index in [1.165, 1.54) is 0 Å². The lowest BCUT2D eigenvalue weighted by molar-refractivity contribution is 0.726. The maximum absolute atomic E-state index is 5.21. The van der Waals surface area contributed by atoms with E-state index in [1.807, 2.05) is 30.3 Å². The van der Waals surface area contributed by atoms with Crippen molar-refractivity contribution in [3.8, 4) is 0 Å². The van der Waals surface area contributed by atoms with Gasteiger partial charge in [-0.1, -0.05) is 24.3 Å². The van der Waals surface area contributed by atoms with Gasteiger partial charge < -0.3 is 0 Å². The monoisotopic (exact) mass is 245 g/mol. The summed E-state index contributed by atoms with van der Waals surface area (Å²) in [6.07, 6.45) is 0. The second-order valence-electron chi connectivity index (χ2n) is 2.88. The molecule has 1 aromatic heterocycles. The third kappa shape index (κ3) is 3.32. The summed E-state index contributed by atoms with van der Waals surface area (Å²) in [5, 5.41) is 1.16. The highest BCUT2D eigenvalue weighted by atomic mass is 35.5. The molecule has 3 N–H and O–H groups in total. The number of para-hydroxylation sites is 1. The molecule has 0 amide bonds. The van der Waals surface area contributed by atoms with E-state index in [0.29, 0.717) is 6.54 Å². The van der Waals surface area contributed by atoms with Gasteiger partial charge in [0, 0.05) is 5.39 Å². The van der Waals surface area contributed by atoms with Crippen molar-refractivity contribution in [1.29, 1.82) is 0 Å². The highest BCUT2D eigenvalue weighted by Gasteiger charge is 1.95. The lowest BCUT2D eigenvalue weighted by Crippen LogP contribution is -2.21. The Hall–Kier alpha value is -0.870. The topological polar surface area (TPSA) is 50.9 Å². The number of halogens is 2. The number of nitrogens with zero attached hydrogens (tertiary/aromatic N) is 1. The number of pyridine rings is 1. The number of aromatic nitrogens is 1. The molecule has 0 atom stereocenters. The van der Waals surface area contributed by atoms with Gasteiger partial charge in [0.2, 0.25) is 0 Å². The molecule has 3 nitrogen and oxygen atoms in total. The van der Waals surface area contributed by atoms with E-state index >= 15 is 0 Å². The molecule has 0 aliphatic rings. The summed E-state index contributed by atoms with van der Waals surface area (Å²) in [7, 11) is 0. The Morgan fingerprint density at radius 3 is 2.53 bits per heavy atom. The fraction of sp³-hybridized carbons (Fsp3) is 0.100. The minimum atomic E-state index is 0. The molecule has 1 aromatic carbocycles. The Morgan fingerprint density at radius 2 is 1.80 bits per heavy atom. The van der Waals surface area contributed by atoms with E-state index in [0.717, 1.165) is 16.6 Å². The van der Waals surface area contributed by atoms with Gasteiger partial charge >= 0.3 is 0 Å². The first-order valence-electron chi connectivity index (χ1n) is 4.18. The van der Waals surface area contributed by atoms with Crippen molar-refractivity contribution in [2.45, 2.75) is 6.54 Å². The maximum atomic E-state index is 5.21. The van der Waals surface area contributed by atoms with Crippen LogP contribution in [0.4, 0.5) is 0 Å². The van der Waals surface area contributed by atoms with Gasteiger partial charge in [0.25, 0.3) is 0 Å². The van der Waals surface area contributed by atoms with E-state index in [-0.39, 0.29) is 24.8 Å². The van der Waals surface area contributed by atoms with Crippen molar-refractivity contribution in [3.63, 3.8) is 0 Å². The molecular weight excluding hydrogens is 233 g/mol. The molecule has 2 rings (SSSR count). The molecule has 0 fully saturated rings. The molecule has 5 heteroatoms. The summed E-state index contributed by atoms with van der Waals surface area (Å²) in [5.74, 6) is 5.21. The van der Waals surface area contributed by atoms with Gasteiger partial charge in [0.15, 0.2) is 0 Å². The van der Waals surface area contributed by atoms with Crippen LogP contribution in [0, 0.1) is 0 Å². The number of benzene rings is 1. The SMILES string of the molecule is Cl.Cl.NNCc1ccc2ccccc2n1. The molecule has 0 saturated carbocycles. The number of nitrogens with two attached hydrogens (primary N) is 1. The number of fused-ring (bicyclic) bond motifs is 1. The third-order valence-corrected chi connectivity index (χ3v) is 1.94. The number of hydrogen-bond acceptors (Lipinski definition) is 3. The van der Waals surface area contributed by atoms with E-state index in [1.54, 1.807) is 0 Å². The fourth-order valence-electron chi connectivity index (χ4n) is 1.31. The number of hydrazine groups is 1. The number of nitrogens with one attached hydrogen (secondary N) is 1. The first kappa shape index (κ1) is 14.1. The summed E-state index contributed by atoms with van der Waals surface area (Å²) in [4.78, 5) is 4.42. The molecule has 0 unspecified atom stereocenters. The van der Waals surface area contributed by atoms with Crippen LogP contribution in [0.5, 0.6) is 0 Å². The Kier molecular flexibility index (Phi) is 6.20. The molecular formula is C10H13Cl2N3. The molecule has 15 heavy (non-hydrogen) atoms. The van der Waals surface area contributed by atoms with Crippen molar-refractivity contribution in [2.24, 2.45) is 5.84 Å². The summed E-state index contributed by atoms with van der Waals surface area (Å²) in [5.41, 5.74) is 4.56. The molecule has 0 aliphatic heterocycles. The fourth-order valence-corrected chi connectivity index (χ4v) is 1.31. The third-order valence-electron chi connectivity index (χ3n) is 1.94. The van der Waals surface area contributed by atoms with Gasteiger partial charge in [-0.05, 0) is 12.1 Å². The minimum absolute atomic E-state index is 0. The van der Waals surface area contributed by atoms with Gasteiger partial charge in [-0.3, -0.25) is 16.3 Å². The highest BCUT2D eigenvalue weighted by Crippen LogP contribution is 2.11. The molecule has 1 heterocycles. The van der Waals surface area contributed by atoms with Crippen LogP contribution >= 0.6 is 24.8 Å². The van der Waals surface area contributed by atoms with Gasteiger partial charge in [0.05, 0.1) is 17.8 Å². The van der Waals surface area contributed by atoms with Gasteiger partial charge in [0.1, 0.15) is 0 Å². The van der Waals surface area contributed by atoms with Crippen molar-refractivity contribution < 1.29 is 0 Å². The second kappa shape index (κ2) is 6.58. The number of rotatable bonds is 2. The van der Waals surface area contributed by atoms with Crippen LogP contribution in [0.2, 0.25) is 0 Å². The first-order valence-corrected chi connectivity index (χ1v) is 4.18. The smallest absolute Gasteiger partial charge is 0.0705 e. The van der Waals surface area contributed by atoms with E-state index < -0.39 is 0 Å². The largest absolute Gasteiger partial charge is 0.271 e. The van der Waals surface area contributed by atoms with Gasteiger partial charge in [-0.2, -0.15) is 0 Å². The molecule has 0 aliphatic carbocycles. The highest BCUT2D eigenvalue weighted by molar-refractivity contribution is 5.85. The first-order chi connectivity index (χ1) is 6.40. The minimum Gasteiger partial charge on any atom is -0.271 e. The summed E-state index contributed by atoms with van der Waals surface area (Å²) >= 11 is 0. The van der Waals surface area contributed by atoms with Crippen LogP contribution in [0.25, 0.3) is 10.9 Å². The second-order valence-corrected chi connectivity index (χ2v) is 2.88. The molecule has 0 radical (unpaired) electrons. The van der Waals surface area contributed by atoms with E-state index in [4.69, 9.17) is 5.84 Å². The van der Waals surface area contributed by atoms with Crippen molar-refractivity contribution >= 4 is 35.7 Å². The van der Waals surface area contributed by atoms with E-state index in [2.05, 4.69) is 16.5 Å². The normalized spacial score (nSPS) is 9.13. The van der Waals surface area contributed by atoms with Crippen molar-refractivity contribution in [3.05, 3.63) is 42.1 Å². The Bertz CT molecular complexity index is 420. The van der Waals surface area contributed by atoms with Crippen LogP contribution in [-0.2, 0) is 6.54 Å². The lowest BCUT2D eigenvalue weighted by atomic mass is 10.2. The standard InChI is InChI=1S/C10H11N3.2ClH/c11-12-7-9-6-5-8-3-1-2-4-10(8)13-9;;/h1-6,12H,7,11H2;2*1H. The van der Waals surface area contributed by atoms with Crippen LogP contribution in [0.15, 0.2) is 36.4 Å². The Balaban J connectivity index is 0.000000980. The maximum Gasteiger partial charge on any atom is 0.0705 e. The zero-order valence-electron chi connectivity index (χ0n) is 8.01. The summed E-state index contributed by atoms with van der Waals surface area (Å²) in [6, 6.07) is 12.0. The lowest BCUT2D eigenvalue weighted by Gasteiger charge is -2.01. The zero-order valence-corrected chi connectivity index (χ0v) is 9.65. The molecule has 82 valence electrons. The summed E-state index contributed by atoms with van der Waals surface area (Å²) in [6.45, 7) is 0.602. The van der Waals surface area contributed by atoms with Crippen molar-refractivity contribution in [2.75, 3.05) is 0 Å². The van der Waals surface area contributed by atoms with Crippen LogP contribution in [-0.4, -0.2) is 4.98 Å². The Morgan fingerprint density at radius 1 is 1.07 bits per heavy atom. The van der Waals surface area contributed by atoms with Gasteiger partial charge in [-0.15, -0.1) is 24.8 Å². The average molecular weight is 246 g/mol. The molecule has 0 spiro atoms. The molecule has 0 bridgehead atoms. The zero-order chi connectivity index (χ0) is 9.10. The summed E-state index contributed by atoms with van der Waals surface area (Å²) < 4.78 is 0. The quantitative estimate of drug-likeness (QED) is 0.629. The van der Waals surface area contributed by atoms with Crippen LogP contribution in [0.1, 0.15) is 5.69 Å². The predicted molar refractivity (Wildman–Crippen MR) is 67.3 cm³/mol. The van der Waals surface area contributed by atoms with E-state index in [9.17, 15) is 0 Å². The molecule has 2 aromatic rings. The average Bonchev–Trinajstić information content (AvgIpc) is 2.18. The Labute approximate surface area is 101 Å². The molecule has 0 saturated heterocycles. The number of hydrogen-bond donors (Lipinski definition) is 2. The predicted octanol–water partition coefficient (Wildman–Crippen LogP) is 2.04. The van der Waals surface area contributed by atoms with Crippen LogP contribution in [0.3, 0.4) is 0 Å². The van der Waals surface area contributed by atoms with Gasteiger partial charge in [-0.25, -0.2) is 0 Å². The van der Waals surface area contributed by atoms with Crippen LogP contribution < -0.4 is 11.3 Å².